The van der Waals surface area contributed by atoms with Crippen LogP contribution in [0.2, 0.25) is 0 Å². The molecule has 1 aromatic carbocycles. The lowest BCUT2D eigenvalue weighted by Crippen LogP contribution is -2.45. The Kier molecular flexibility index (Phi) is 4.49. The first-order valence-electron chi connectivity index (χ1n) is 8.39. The van der Waals surface area contributed by atoms with Gasteiger partial charge >= 0.3 is 5.97 Å². The van der Waals surface area contributed by atoms with E-state index in [-0.39, 0.29) is 17.7 Å². The molecule has 0 spiro atoms. The third kappa shape index (κ3) is 3.35. The molecule has 1 amide bonds. The Labute approximate surface area is 147 Å². The molecule has 1 N–H and O–H groups in total. The third-order valence-electron chi connectivity index (χ3n) is 4.78. The van der Waals surface area contributed by atoms with Crippen molar-refractivity contribution in [1.82, 2.24) is 4.90 Å². The average molecular weight is 366 g/mol. The number of hydrogen-bond acceptors (Lipinski definition) is 4. The third-order valence-corrected chi connectivity index (χ3v) is 6.65. The number of sulfonamides is 1. The molecule has 8 heteroatoms. The van der Waals surface area contributed by atoms with Gasteiger partial charge < -0.3 is 10.0 Å². The fourth-order valence-electron chi connectivity index (χ4n) is 3.24. The van der Waals surface area contributed by atoms with Crippen molar-refractivity contribution < 1.29 is 23.1 Å². The molecule has 136 valence electrons. The van der Waals surface area contributed by atoms with Gasteiger partial charge in [0.15, 0.2) is 0 Å². The van der Waals surface area contributed by atoms with Gasteiger partial charge in [0.1, 0.15) is 6.04 Å². The molecule has 0 aromatic heterocycles. The normalized spacial score (nSPS) is 20.3. The summed E-state index contributed by atoms with van der Waals surface area (Å²) >= 11 is 0. The standard InChI is InChI=1S/C17H22N2O5S/c1-11-10-14(18-8-3-9-25(18,23)24)6-7-15(11)16(20)19(13-4-5-13)12(2)17(21)22/h6-7,10,12-13H,3-5,8-9H2,1-2H3,(H,21,22). The van der Waals surface area contributed by atoms with Crippen LogP contribution in [0.1, 0.15) is 42.1 Å². The molecule has 7 nitrogen and oxygen atoms in total. The minimum Gasteiger partial charge on any atom is -0.480 e. The lowest BCUT2D eigenvalue weighted by Gasteiger charge is -2.27. The molecule has 1 saturated carbocycles. The van der Waals surface area contributed by atoms with Crippen LogP contribution in [0.15, 0.2) is 18.2 Å². The Morgan fingerprint density at radius 3 is 2.48 bits per heavy atom. The second-order valence-corrected chi connectivity index (χ2v) is 8.71. The summed E-state index contributed by atoms with van der Waals surface area (Å²) in [6.07, 6.45) is 2.21. The maximum atomic E-state index is 12.9. The van der Waals surface area contributed by atoms with Crippen molar-refractivity contribution in [3.63, 3.8) is 0 Å². The van der Waals surface area contributed by atoms with Gasteiger partial charge in [0.2, 0.25) is 10.0 Å². The summed E-state index contributed by atoms with van der Waals surface area (Å²) in [4.78, 5) is 25.6. The van der Waals surface area contributed by atoms with Gasteiger partial charge in [-0.25, -0.2) is 13.2 Å². The molecule has 1 unspecified atom stereocenters. The molecule has 1 saturated heterocycles. The van der Waals surface area contributed by atoms with Crippen LogP contribution in [0, 0.1) is 6.92 Å². The SMILES string of the molecule is Cc1cc(N2CCCS2(=O)=O)ccc1C(=O)N(C1CC1)C(C)C(=O)O. The van der Waals surface area contributed by atoms with Crippen LogP contribution in [-0.2, 0) is 14.8 Å². The van der Waals surface area contributed by atoms with E-state index >= 15 is 0 Å². The smallest absolute Gasteiger partial charge is 0.326 e. The summed E-state index contributed by atoms with van der Waals surface area (Å²) in [5, 5.41) is 9.27. The fraction of sp³-hybridized carbons (Fsp3) is 0.529. The molecule has 1 aromatic rings. The van der Waals surface area contributed by atoms with E-state index in [9.17, 15) is 23.1 Å². The van der Waals surface area contributed by atoms with Gasteiger partial charge in [-0.2, -0.15) is 0 Å². The Balaban J connectivity index is 1.90. The number of benzene rings is 1. The van der Waals surface area contributed by atoms with Crippen molar-refractivity contribution in [3.8, 4) is 0 Å². The highest BCUT2D eigenvalue weighted by Gasteiger charge is 2.39. The first-order chi connectivity index (χ1) is 11.7. The van der Waals surface area contributed by atoms with Crippen molar-refractivity contribution >= 4 is 27.6 Å². The summed E-state index contributed by atoms with van der Waals surface area (Å²) in [6.45, 7) is 3.70. The van der Waals surface area contributed by atoms with Crippen molar-refractivity contribution in [2.24, 2.45) is 0 Å². The zero-order valence-electron chi connectivity index (χ0n) is 14.3. The van der Waals surface area contributed by atoms with Crippen molar-refractivity contribution in [2.75, 3.05) is 16.6 Å². The summed E-state index contributed by atoms with van der Waals surface area (Å²) in [6, 6.07) is 3.99. The van der Waals surface area contributed by atoms with Crippen LogP contribution in [-0.4, -0.2) is 54.7 Å². The van der Waals surface area contributed by atoms with Gasteiger partial charge in [0.05, 0.1) is 11.4 Å². The van der Waals surface area contributed by atoms with E-state index in [0.717, 1.165) is 12.8 Å². The van der Waals surface area contributed by atoms with E-state index in [0.29, 0.717) is 29.8 Å². The second-order valence-electron chi connectivity index (χ2n) is 6.70. The van der Waals surface area contributed by atoms with Gasteiger partial charge in [0, 0.05) is 18.2 Å². The number of anilines is 1. The quantitative estimate of drug-likeness (QED) is 0.854. The number of aliphatic carboxylic acids is 1. The van der Waals surface area contributed by atoms with Gasteiger partial charge in [-0.1, -0.05) is 0 Å². The molecule has 0 radical (unpaired) electrons. The van der Waals surface area contributed by atoms with Gasteiger partial charge in [-0.3, -0.25) is 9.10 Å². The fourth-order valence-corrected chi connectivity index (χ4v) is 4.80. The maximum absolute atomic E-state index is 12.9. The van der Waals surface area contributed by atoms with E-state index in [4.69, 9.17) is 0 Å². The lowest BCUT2D eigenvalue weighted by molar-refractivity contribution is -0.141. The van der Waals surface area contributed by atoms with E-state index in [1.54, 1.807) is 25.1 Å². The maximum Gasteiger partial charge on any atom is 0.326 e. The number of aryl methyl sites for hydroxylation is 1. The number of carbonyl (C=O) groups excluding carboxylic acids is 1. The molecule has 3 rings (SSSR count). The van der Waals surface area contributed by atoms with E-state index in [1.165, 1.54) is 16.1 Å². The predicted molar refractivity (Wildman–Crippen MR) is 93.2 cm³/mol. The van der Waals surface area contributed by atoms with Crippen LogP contribution in [0.4, 0.5) is 5.69 Å². The Morgan fingerprint density at radius 1 is 1.32 bits per heavy atom. The minimum absolute atomic E-state index is 0.0309. The largest absolute Gasteiger partial charge is 0.480 e. The number of hydrogen-bond donors (Lipinski definition) is 1. The number of carboxylic acids is 1. The molecule has 25 heavy (non-hydrogen) atoms. The van der Waals surface area contributed by atoms with E-state index in [2.05, 4.69) is 0 Å². The molecular formula is C17H22N2O5S. The number of rotatable bonds is 5. The number of carbonyl (C=O) groups is 2. The molecule has 0 bridgehead atoms. The van der Waals surface area contributed by atoms with Crippen LogP contribution in [0.3, 0.4) is 0 Å². The monoisotopic (exact) mass is 366 g/mol. The van der Waals surface area contributed by atoms with Crippen LogP contribution in [0.5, 0.6) is 0 Å². The molecule has 1 aliphatic carbocycles. The van der Waals surface area contributed by atoms with E-state index < -0.39 is 22.0 Å². The number of carboxylic acid groups (broad SMARTS) is 1. The molecule has 2 aliphatic rings. The highest BCUT2D eigenvalue weighted by Crippen LogP contribution is 2.32. The highest BCUT2D eigenvalue weighted by atomic mass is 32.2. The lowest BCUT2D eigenvalue weighted by atomic mass is 10.1. The van der Waals surface area contributed by atoms with Gasteiger partial charge in [-0.05, 0) is 56.9 Å². The summed E-state index contributed by atoms with van der Waals surface area (Å²) in [7, 11) is -3.27. The zero-order valence-corrected chi connectivity index (χ0v) is 15.1. The van der Waals surface area contributed by atoms with Crippen molar-refractivity contribution in [2.45, 2.75) is 45.2 Å². The van der Waals surface area contributed by atoms with Crippen LogP contribution in [0.25, 0.3) is 0 Å². The zero-order chi connectivity index (χ0) is 18.4. The van der Waals surface area contributed by atoms with Crippen LogP contribution < -0.4 is 4.31 Å². The Bertz CT molecular complexity index is 816. The molecule has 1 atom stereocenters. The summed E-state index contributed by atoms with van der Waals surface area (Å²) < 4.78 is 25.5. The van der Waals surface area contributed by atoms with Crippen molar-refractivity contribution in [3.05, 3.63) is 29.3 Å². The average Bonchev–Trinajstić information content (AvgIpc) is 3.29. The predicted octanol–water partition coefficient (Wildman–Crippen LogP) is 1.61. The summed E-state index contributed by atoms with van der Waals surface area (Å²) in [5.74, 6) is -1.21. The summed E-state index contributed by atoms with van der Waals surface area (Å²) in [5.41, 5.74) is 1.61. The van der Waals surface area contributed by atoms with Crippen LogP contribution >= 0.6 is 0 Å². The van der Waals surface area contributed by atoms with Gasteiger partial charge in [0.25, 0.3) is 5.91 Å². The van der Waals surface area contributed by atoms with Gasteiger partial charge in [-0.15, -0.1) is 0 Å². The van der Waals surface area contributed by atoms with Crippen molar-refractivity contribution in [1.29, 1.82) is 0 Å². The second kappa shape index (κ2) is 6.33. The van der Waals surface area contributed by atoms with E-state index in [1.807, 2.05) is 0 Å². The Morgan fingerprint density at radius 2 is 2.00 bits per heavy atom. The topological polar surface area (TPSA) is 95.0 Å². The first kappa shape index (κ1) is 17.7. The highest BCUT2D eigenvalue weighted by molar-refractivity contribution is 7.93. The number of nitrogens with zero attached hydrogens (tertiary/aromatic N) is 2. The molecule has 1 aliphatic heterocycles. The minimum atomic E-state index is -3.27. The molecule has 2 fully saturated rings. The number of amides is 1. The molecular weight excluding hydrogens is 344 g/mol. The Hall–Kier alpha value is -2.09. The first-order valence-corrected chi connectivity index (χ1v) is 10.00. The molecule has 1 heterocycles.